The first kappa shape index (κ1) is 17.5. The second-order valence-electron chi connectivity index (χ2n) is 7.40. The van der Waals surface area contributed by atoms with Gasteiger partial charge in [-0.15, -0.1) is 0 Å². The highest BCUT2D eigenvalue weighted by Crippen LogP contribution is 2.63. The van der Waals surface area contributed by atoms with Gasteiger partial charge in [-0.1, -0.05) is 0 Å². The normalized spacial score (nSPS) is 38.0. The third-order valence-electron chi connectivity index (χ3n) is 5.38. The van der Waals surface area contributed by atoms with Crippen molar-refractivity contribution in [2.24, 2.45) is 17.3 Å². The van der Waals surface area contributed by atoms with Crippen molar-refractivity contribution in [1.29, 1.82) is 0 Å². The lowest BCUT2D eigenvalue weighted by molar-refractivity contribution is -0.201. The number of amides is 1. The molecule has 4 saturated carbocycles. The fourth-order valence-corrected chi connectivity index (χ4v) is 5.73. The molecule has 4 aliphatic carbocycles. The van der Waals surface area contributed by atoms with Crippen LogP contribution in [0.4, 0.5) is 13.2 Å². The number of hydrogen-bond donors (Lipinski definition) is 1. The molecule has 4 fully saturated rings. The lowest BCUT2D eigenvalue weighted by atomic mass is 9.47. The molecule has 6 nitrogen and oxygen atoms in total. The summed E-state index contributed by atoms with van der Waals surface area (Å²) in [5.74, 6) is -1.55. The minimum absolute atomic E-state index is 0.0462. The van der Waals surface area contributed by atoms with Crippen LogP contribution in [-0.4, -0.2) is 31.4 Å². The fourth-order valence-electron chi connectivity index (χ4n) is 5.16. The van der Waals surface area contributed by atoms with Gasteiger partial charge in [-0.25, -0.2) is 4.72 Å². The van der Waals surface area contributed by atoms with Crippen molar-refractivity contribution in [3.05, 3.63) is 0 Å². The minimum atomic E-state index is -5.74. The Kier molecular flexibility index (Phi) is 3.71. The molecule has 1 amide bonds. The first-order valence-electron chi connectivity index (χ1n) is 7.70. The van der Waals surface area contributed by atoms with E-state index < -0.39 is 38.4 Å². The number of sulfonamides is 1. The summed E-state index contributed by atoms with van der Waals surface area (Å²) in [6.07, 6.45) is 2.70. The average Bonchev–Trinajstić information content (AvgIpc) is 2.32. The predicted molar refractivity (Wildman–Crippen MR) is 74.7 cm³/mol. The zero-order valence-corrected chi connectivity index (χ0v) is 13.8. The van der Waals surface area contributed by atoms with E-state index in [9.17, 15) is 31.2 Å². The Morgan fingerprint density at radius 2 is 1.67 bits per heavy atom. The number of rotatable bonds is 3. The number of nitrogens with one attached hydrogen (secondary N) is 1. The van der Waals surface area contributed by atoms with Crippen LogP contribution in [0.15, 0.2) is 0 Å². The molecule has 2 atom stereocenters. The third-order valence-corrected chi connectivity index (χ3v) is 6.44. The van der Waals surface area contributed by atoms with Crippen molar-refractivity contribution in [1.82, 2.24) is 4.72 Å². The van der Waals surface area contributed by atoms with Crippen LogP contribution in [0.2, 0.25) is 0 Å². The van der Waals surface area contributed by atoms with Crippen molar-refractivity contribution < 1.29 is 35.9 Å². The summed E-state index contributed by atoms with van der Waals surface area (Å²) in [6.45, 7) is 1.25. The standard InChI is InChI=1S/C14H18F3NO5S/c1-8(19)23-13-5-9-2-10(6-13)4-12(3-9,7-13)11(20)18-24(21,22)14(15,16)17/h9-10H,2-7H2,1H3,(H,18,20). The molecule has 0 aromatic carbocycles. The monoisotopic (exact) mass is 369 g/mol. The highest BCUT2D eigenvalue weighted by molar-refractivity contribution is 7.90. The van der Waals surface area contributed by atoms with E-state index in [0.29, 0.717) is 25.7 Å². The van der Waals surface area contributed by atoms with Gasteiger partial charge in [0.1, 0.15) is 5.60 Å². The van der Waals surface area contributed by atoms with Crippen LogP contribution < -0.4 is 4.72 Å². The molecule has 0 aromatic rings. The van der Waals surface area contributed by atoms with E-state index in [1.165, 1.54) is 11.6 Å². The molecule has 0 aliphatic heterocycles. The van der Waals surface area contributed by atoms with E-state index >= 15 is 0 Å². The van der Waals surface area contributed by atoms with Gasteiger partial charge in [-0.2, -0.15) is 21.6 Å². The molecule has 4 bridgehead atoms. The second kappa shape index (κ2) is 5.09. The van der Waals surface area contributed by atoms with Crippen LogP contribution in [0.3, 0.4) is 0 Å². The van der Waals surface area contributed by atoms with Gasteiger partial charge >= 0.3 is 21.5 Å². The number of carbonyl (C=O) groups is 2. The maximum absolute atomic E-state index is 12.5. The van der Waals surface area contributed by atoms with Gasteiger partial charge in [0.2, 0.25) is 5.91 Å². The van der Waals surface area contributed by atoms with Crippen LogP contribution in [-0.2, 0) is 24.3 Å². The summed E-state index contributed by atoms with van der Waals surface area (Å²) in [6, 6.07) is 0. The number of esters is 1. The molecule has 0 radical (unpaired) electrons. The average molecular weight is 369 g/mol. The van der Waals surface area contributed by atoms with Gasteiger partial charge in [0.25, 0.3) is 0 Å². The molecular formula is C14H18F3NO5S. The number of ether oxygens (including phenoxy) is 1. The molecule has 4 rings (SSSR count). The third kappa shape index (κ3) is 2.78. The lowest BCUT2D eigenvalue weighted by Gasteiger charge is -2.60. The molecule has 136 valence electrons. The first-order chi connectivity index (χ1) is 10.9. The highest BCUT2D eigenvalue weighted by Gasteiger charge is 2.63. The Balaban J connectivity index is 1.88. The molecule has 0 spiro atoms. The van der Waals surface area contributed by atoms with Gasteiger partial charge in [-0.05, 0) is 43.9 Å². The number of hydrogen-bond acceptors (Lipinski definition) is 5. The van der Waals surface area contributed by atoms with Gasteiger partial charge in [-0.3, -0.25) is 9.59 Å². The van der Waals surface area contributed by atoms with Gasteiger partial charge in [0, 0.05) is 13.3 Å². The summed E-state index contributed by atoms with van der Waals surface area (Å²) < 4.78 is 66.8. The van der Waals surface area contributed by atoms with Crippen LogP contribution in [0.1, 0.15) is 45.4 Å². The molecule has 4 aliphatic rings. The molecular weight excluding hydrogens is 351 g/mol. The Bertz CT molecular complexity index is 673. The molecule has 0 aromatic heterocycles. The molecule has 10 heteroatoms. The lowest BCUT2D eigenvalue weighted by Crippen LogP contribution is -2.62. The quantitative estimate of drug-likeness (QED) is 0.767. The Morgan fingerprint density at radius 3 is 2.12 bits per heavy atom. The Morgan fingerprint density at radius 1 is 1.12 bits per heavy atom. The number of halogens is 3. The zero-order valence-electron chi connectivity index (χ0n) is 13.0. The molecule has 2 unspecified atom stereocenters. The largest absolute Gasteiger partial charge is 0.516 e. The van der Waals surface area contributed by atoms with Crippen molar-refractivity contribution in [3.63, 3.8) is 0 Å². The van der Waals surface area contributed by atoms with Gasteiger partial charge in [0.05, 0.1) is 5.41 Å². The van der Waals surface area contributed by atoms with Crippen LogP contribution >= 0.6 is 0 Å². The smallest absolute Gasteiger partial charge is 0.459 e. The zero-order chi connectivity index (χ0) is 18.0. The summed E-state index contributed by atoms with van der Waals surface area (Å²) in [5.41, 5.74) is -7.63. The summed E-state index contributed by atoms with van der Waals surface area (Å²) in [4.78, 5) is 23.9. The van der Waals surface area contributed by atoms with E-state index in [2.05, 4.69) is 0 Å². The Hall–Kier alpha value is -1.32. The van der Waals surface area contributed by atoms with Crippen LogP contribution in [0, 0.1) is 17.3 Å². The number of carbonyl (C=O) groups excluding carboxylic acids is 2. The van der Waals surface area contributed by atoms with Crippen LogP contribution in [0.5, 0.6) is 0 Å². The summed E-state index contributed by atoms with van der Waals surface area (Å²) in [5, 5.41) is 0. The predicted octanol–water partition coefficient (Wildman–Crippen LogP) is 1.85. The first-order valence-corrected chi connectivity index (χ1v) is 9.18. The van der Waals surface area contributed by atoms with E-state index in [0.717, 1.165) is 6.42 Å². The minimum Gasteiger partial charge on any atom is -0.459 e. The van der Waals surface area contributed by atoms with E-state index in [-0.39, 0.29) is 18.3 Å². The van der Waals surface area contributed by atoms with E-state index in [1.54, 1.807) is 0 Å². The molecule has 1 N–H and O–H groups in total. The highest BCUT2D eigenvalue weighted by atomic mass is 32.2. The van der Waals surface area contributed by atoms with Crippen LogP contribution in [0.25, 0.3) is 0 Å². The topological polar surface area (TPSA) is 89.5 Å². The van der Waals surface area contributed by atoms with Crippen molar-refractivity contribution in [3.8, 4) is 0 Å². The van der Waals surface area contributed by atoms with E-state index in [4.69, 9.17) is 4.74 Å². The molecule has 0 heterocycles. The van der Waals surface area contributed by atoms with E-state index in [1.807, 2.05) is 0 Å². The van der Waals surface area contributed by atoms with Crippen molar-refractivity contribution >= 4 is 21.9 Å². The van der Waals surface area contributed by atoms with Crippen molar-refractivity contribution in [2.45, 2.75) is 56.6 Å². The molecule has 24 heavy (non-hydrogen) atoms. The molecule has 0 saturated heterocycles. The maximum Gasteiger partial charge on any atom is 0.516 e. The maximum atomic E-state index is 12.5. The van der Waals surface area contributed by atoms with Crippen molar-refractivity contribution in [2.75, 3.05) is 0 Å². The SMILES string of the molecule is CC(=O)OC12CC3CC(C1)CC(C(=O)NS(=O)(=O)C(F)(F)F)(C3)C2. The summed E-state index contributed by atoms with van der Waals surface area (Å²) >= 11 is 0. The summed E-state index contributed by atoms with van der Waals surface area (Å²) in [7, 11) is -5.74. The fraction of sp³-hybridized carbons (Fsp3) is 0.857. The van der Waals surface area contributed by atoms with Gasteiger partial charge in [0.15, 0.2) is 0 Å². The number of alkyl halides is 3. The second-order valence-corrected chi connectivity index (χ2v) is 9.07. The Labute approximate surface area is 137 Å². The van der Waals surface area contributed by atoms with Gasteiger partial charge < -0.3 is 4.74 Å².